The molecule has 7 heteroatoms. The smallest absolute Gasteiger partial charge is 0.187 e. The molecule has 104 valence electrons. The van der Waals surface area contributed by atoms with Crippen LogP contribution in [0.3, 0.4) is 0 Å². The second kappa shape index (κ2) is 5.47. The van der Waals surface area contributed by atoms with Gasteiger partial charge in [0.15, 0.2) is 10.8 Å². The third-order valence-corrected chi connectivity index (χ3v) is 4.16. The van der Waals surface area contributed by atoms with Gasteiger partial charge < -0.3 is 0 Å². The van der Waals surface area contributed by atoms with Crippen LogP contribution in [0, 0.1) is 18.3 Å². The molecular formula is C14H10BrN5S. The number of nitrogens with zero attached hydrogens (tertiary/aromatic N) is 5. The molecule has 0 bridgehead atoms. The molecule has 0 N–H and O–H groups in total. The number of hydrogen-bond donors (Lipinski definition) is 0. The van der Waals surface area contributed by atoms with Crippen LogP contribution in [-0.2, 0) is 0 Å². The molecule has 3 aromatic heterocycles. The van der Waals surface area contributed by atoms with Gasteiger partial charge in [-0.3, -0.25) is 4.40 Å². The Morgan fingerprint density at radius 2 is 2.14 bits per heavy atom. The van der Waals surface area contributed by atoms with Crippen molar-refractivity contribution in [1.29, 1.82) is 5.26 Å². The molecule has 0 aliphatic heterocycles. The molecule has 0 unspecified atom stereocenters. The second-order valence-electron chi connectivity index (χ2n) is 4.43. The zero-order chi connectivity index (χ0) is 15.0. The summed E-state index contributed by atoms with van der Waals surface area (Å²) < 4.78 is 2.85. The van der Waals surface area contributed by atoms with Crippen molar-refractivity contribution in [3.63, 3.8) is 0 Å². The van der Waals surface area contributed by atoms with E-state index in [0.29, 0.717) is 16.4 Å². The highest BCUT2D eigenvalue weighted by atomic mass is 79.9. The van der Waals surface area contributed by atoms with Crippen LogP contribution in [0.2, 0.25) is 0 Å². The zero-order valence-corrected chi connectivity index (χ0v) is 13.7. The fourth-order valence-corrected chi connectivity index (χ4v) is 3.09. The van der Waals surface area contributed by atoms with Crippen LogP contribution in [0.1, 0.15) is 11.1 Å². The summed E-state index contributed by atoms with van der Waals surface area (Å²) in [5.41, 5.74) is 3.70. The number of halogens is 1. The third kappa shape index (κ3) is 2.41. The highest BCUT2D eigenvalue weighted by molar-refractivity contribution is 9.10. The van der Waals surface area contributed by atoms with Crippen LogP contribution in [0.5, 0.6) is 0 Å². The van der Waals surface area contributed by atoms with Gasteiger partial charge >= 0.3 is 0 Å². The largest absolute Gasteiger partial charge is 0.297 e. The van der Waals surface area contributed by atoms with Crippen molar-refractivity contribution < 1.29 is 0 Å². The summed E-state index contributed by atoms with van der Waals surface area (Å²) in [5.74, 6) is 0. The SMILES string of the molecule is CSc1ncc(C#N)c(-c2cnc3c(Br)cc(C)cn23)n1. The van der Waals surface area contributed by atoms with E-state index in [1.807, 2.05) is 29.8 Å². The monoisotopic (exact) mass is 359 g/mol. The lowest BCUT2D eigenvalue weighted by molar-refractivity contribution is 0.961. The average Bonchev–Trinajstić information content (AvgIpc) is 2.90. The van der Waals surface area contributed by atoms with E-state index in [1.165, 1.54) is 11.8 Å². The zero-order valence-electron chi connectivity index (χ0n) is 11.3. The van der Waals surface area contributed by atoms with E-state index in [-0.39, 0.29) is 0 Å². The first-order valence-corrected chi connectivity index (χ1v) is 8.10. The normalized spacial score (nSPS) is 10.8. The van der Waals surface area contributed by atoms with Crippen molar-refractivity contribution in [2.45, 2.75) is 12.1 Å². The number of imidazole rings is 1. The number of aryl methyl sites for hydroxylation is 1. The van der Waals surface area contributed by atoms with Crippen LogP contribution in [0.15, 0.2) is 34.3 Å². The van der Waals surface area contributed by atoms with Gasteiger partial charge in [-0.25, -0.2) is 15.0 Å². The molecule has 0 amide bonds. The van der Waals surface area contributed by atoms with Crippen LogP contribution >= 0.6 is 27.7 Å². The molecule has 3 aromatic rings. The number of rotatable bonds is 2. The molecule has 0 aliphatic rings. The Labute approximate surface area is 134 Å². The molecule has 0 fully saturated rings. The molecular weight excluding hydrogens is 350 g/mol. The average molecular weight is 360 g/mol. The number of nitriles is 1. The summed E-state index contributed by atoms with van der Waals surface area (Å²) in [6.45, 7) is 2.01. The van der Waals surface area contributed by atoms with Gasteiger partial charge in [0.2, 0.25) is 0 Å². The number of fused-ring (bicyclic) bond motifs is 1. The first-order chi connectivity index (χ1) is 10.1. The Kier molecular flexibility index (Phi) is 3.66. The van der Waals surface area contributed by atoms with E-state index >= 15 is 0 Å². The molecule has 3 heterocycles. The predicted octanol–water partition coefficient (Wildman–Crippen LogP) is 3.46. The maximum absolute atomic E-state index is 9.29. The number of hydrogen-bond acceptors (Lipinski definition) is 5. The standard InChI is InChI=1S/C14H10BrN5S/c1-8-3-10(15)13-17-6-11(20(13)7-8)12-9(4-16)5-18-14(19-12)21-2/h3,5-7H,1-2H3. The maximum Gasteiger partial charge on any atom is 0.187 e. The van der Waals surface area contributed by atoms with Gasteiger partial charge in [-0.2, -0.15) is 5.26 Å². The highest BCUT2D eigenvalue weighted by Gasteiger charge is 2.15. The van der Waals surface area contributed by atoms with E-state index in [2.05, 4.69) is 37.0 Å². The Hall–Kier alpha value is -1.91. The molecule has 0 saturated heterocycles. The predicted molar refractivity (Wildman–Crippen MR) is 85.2 cm³/mol. The van der Waals surface area contributed by atoms with Crippen LogP contribution in [-0.4, -0.2) is 25.6 Å². The number of pyridine rings is 1. The third-order valence-electron chi connectivity index (χ3n) is 3.01. The summed E-state index contributed by atoms with van der Waals surface area (Å²) >= 11 is 4.95. The Balaban J connectivity index is 2.33. The Morgan fingerprint density at radius 3 is 2.86 bits per heavy atom. The lowest BCUT2D eigenvalue weighted by Crippen LogP contribution is -1.98. The summed E-state index contributed by atoms with van der Waals surface area (Å²) in [5, 5.41) is 9.92. The minimum absolute atomic E-state index is 0.437. The molecule has 0 aliphatic carbocycles. The highest BCUT2D eigenvalue weighted by Crippen LogP contribution is 2.27. The van der Waals surface area contributed by atoms with Crippen molar-refractivity contribution in [1.82, 2.24) is 19.4 Å². The minimum Gasteiger partial charge on any atom is -0.297 e. The van der Waals surface area contributed by atoms with Crippen molar-refractivity contribution in [3.05, 3.63) is 40.3 Å². The summed E-state index contributed by atoms with van der Waals surface area (Å²) in [7, 11) is 0. The molecule has 0 spiro atoms. The lowest BCUT2D eigenvalue weighted by atomic mass is 10.2. The molecule has 0 aromatic carbocycles. The van der Waals surface area contributed by atoms with E-state index in [0.717, 1.165) is 21.4 Å². The van der Waals surface area contributed by atoms with Gasteiger partial charge in [0.25, 0.3) is 0 Å². The van der Waals surface area contributed by atoms with E-state index in [1.54, 1.807) is 12.4 Å². The fraction of sp³-hybridized carbons (Fsp3) is 0.143. The topological polar surface area (TPSA) is 66.9 Å². The van der Waals surface area contributed by atoms with Crippen molar-refractivity contribution in [3.8, 4) is 17.5 Å². The minimum atomic E-state index is 0.437. The van der Waals surface area contributed by atoms with Crippen LogP contribution in [0.25, 0.3) is 17.0 Å². The van der Waals surface area contributed by atoms with Crippen LogP contribution < -0.4 is 0 Å². The van der Waals surface area contributed by atoms with Gasteiger partial charge in [-0.1, -0.05) is 11.8 Å². The molecule has 21 heavy (non-hydrogen) atoms. The molecule has 3 rings (SSSR count). The quantitative estimate of drug-likeness (QED) is 0.517. The van der Waals surface area contributed by atoms with E-state index < -0.39 is 0 Å². The van der Waals surface area contributed by atoms with Crippen molar-refractivity contribution in [2.75, 3.05) is 6.26 Å². The molecule has 0 atom stereocenters. The van der Waals surface area contributed by atoms with E-state index in [4.69, 9.17) is 0 Å². The van der Waals surface area contributed by atoms with Crippen molar-refractivity contribution in [2.24, 2.45) is 0 Å². The van der Waals surface area contributed by atoms with Gasteiger partial charge in [0.05, 0.1) is 21.9 Å². The Bertz CT molecular complexity index is 881. The summed E-state index contributed by atoms with van der Waals surface area (Å²) in [4.78, 5) is 13.0. The number of thioether (sulfide) groups is 1. The molecule has 5 nitrogen and oxygen atoms in total. The van der Waals surface area contributed by atoms with Crippen LogP contribution in [0.4, 0.5) is 0 Å². The van der Waals surface area contributed by atoms with Gasteiger partial charge in [-0.05, 0) is 40.7 Å². The fourth-order valence-electron chi connectivity index (χ4n) is 2.09. The first kappa shape index (κ1) is 14.0. The van der Waals surface area contributed by atoms with E-state index in [9.17, 15) is 5.26 Å². The van der Waals surface area contributed by atoms with Crippen molar-refractivity contribution >= 4 is 33.3 Å². The second-order valence-corrected chi connectivity index (χ2v) is 6.06. The molecule has 0 saturated carbocycles. The lowest BCUT2D eigenvalue weighted by Gasteiger charge is -2.06. The summed E-state index contributed by atoms with van der Waals surface area (Å²) in [6.07, 6.45) is 7.16. The number of aromatic nitrogens is 4. The maximum atomic E-state index is 9.29. The summed E-state index contributed by atoms with van der Waals surface area (Å²) in [6, 6.07) is 4.15. The Morgan fingerprint density at radius 1 is 1.33 bits per heavy atom. The molecule has 0 radical (unpaired) electrons. The van der Waals surface area contributed by atoms with Gasteiger partial charge in [-0.15, -0.1) is 0 Å². The van der Waals surface area contributed by atoms with Gasteiger partial charge in [0, 0.05) is 12.4 Å². The van der Waals surface area contributed by atoms with Gasteiger partial charge in [0.1, 0.15) is 11.8 Å². The first-order valence-electron chi connectivity index (χ1n) is 6.08.